The van der Waals surface area contributed by atoms with Crippen LogP contribution in [0, 0.1) is 5.92 Å². The molecule has 7 heteroatoms. The van der Waals surface area contributed by atoms with Crippen molar-refractivity contribution < 1.29 is 23.1 Å². The second-order valence-corrected chi connectivity index (χ2v) is 10.5. The second-order valence-electron chi connectivity index (χ2n) is 10.5. The van der Waals surface area contributed by atoms with Crippen LogP contribution < -0.4 is 5.32 Å². The number of carboxylic acid groups (broad SMARTS) is 1. The summed E-state index contributed by atoms with van der Waals surface area (Å²) in [6.07, 6.45) is 2.03. The number of aliphatic carboxylic acids is 1. The van der Waals surface area contributed by atoms with Crippen LogP contribution in [0.4, 0.5) is 18.9 Å². The number of nitrogens with one attached hydrogen (secondary N) is 1. The molecule has 0 aromatic heterocycles. The van der Waals surface area contributed by atoms with E-state index in [0.717, 1.165) is 74.0 Å². The summed E-state index contributed by atoms with van der Waals surface area (Å²) < 4.78 is 39.9. The Morgan fingerprint density at radius 2 is 1.77 bits per heavy atom. The molecule has 0 bridgehead atoms. The zero-order chi connectivity index (χ0) is 24.6. The van der Waals surface area contributed by atoms with E-state index in [9.17, 15) is 23.1 Å². The number of hydrogen-bond acceptors (Lipinski definition) is 3. The molecule has 2 aromatic carbocycles. The highest BCUT2D eigenvalue weighted by Crippen LogP contribution is 2.45. The summed E-state index contributed by atoms with van der Waals surface area (Å²) in [4.78, 5) is 13.6. The molecule has 0 spiro atoms. The zero-order valence-electron chi connectivity index (χ0n) is 19.9. The van der Waals surface area contributed by atoms with Crippen molar-refractivity contribution in [3.8, 4) is 0 Å². The Morgan fingerprint density at radius 1 is 1.03 bits per heavy atom. The minimum absolute atomic E-state index is 0.0734. The number of benzene rings is 2. The summed E-state index contributed by atoms with van der Waals surface area (Å²) in [5.74, 6) is 0.211. The van der Waals surface area contributed by atoms with Crippen LogP contribution in [-0.4, -0.2) is 35.1 Å². The molecule has 1 atom stereocenters. The van der Waals surface area contributed by atoms with E-state index in [1.165, 1.54) is 12.1 Å². The van der Waals surface area contributed by atoms with E-state index in [1.807, 2.05) is 18.2 Å². The number of rotatable bonds is 9. The average molecular weight is 487 g/mol. The minimum atomic E-state index is -4.31. The number of halogens is 3. The van der Waals surface area contributed by atoms with E-state index in [2.05, 4.69) is 16.3 Å². The van der Waals surface area contributed by atoms with Crippen molar-refractivity contribution in [3.63, 3.8) is 0 Å². The van der Waals surface area contributed by atoms with Crippen molar-refractivity contribution in [3.05, 3.63) is 64.7 Å². The molecule has 0 unspecified atom stereocenters. The Kier molecular flexibility index (Phi) is 6.80. The maximum atomic E-state index is 13.3. The number of anilines is 1. The van der Waals surface area contributed by atoms with Crippen LogP contribution in [-0.2, 0) is 17.5 Å². The van der Waals surface area contributed by atoms with Gasteiger partial charge in [0.25, 0.3) is 0 Å². The Balaban J connectivity index is 1.19. The topological polar surface area (TPSA) is 52.6 Å². The van der Waals surface area contributed by atoms with Crippen molar-refractivity contribution in [2.75, 3.05) is 18.4 Å². The first-order valence-corrected chi connectivity index (χ1v) is 12.8. The fraction of sp³-hybridized carbons (Fsp3) is 0.536. The molecule has 3 fully saturated rings. The summed E-state index contributed by atoms with van der Waals surface area (Å²) in [5.41, 5.74) is 3.47. The van der Waals surface area contributed by atoms with E-state index in [-0.39, 0.29) is 12.3 Å². The fourth-order valence-electron chi connectivity index (χ4n) is 5.53. The first kappa shape index (κ1) is 24.2. The molecule has 188 valence electrons. The Hall–Kier alpha value is -2.54. The first-order chi connectivity index (χ1) is 16.8. The maximum absolute atomic E-state index is 13.3. The van der Waals surface area contributed by atoms with Crippen molar-refractivity contribution in [2.24, 2.45) is 5.92 Å². The SMILES string of the molecule is O=C(O)C[C@H](c1cccc(NC2CCN(Cc3cc(C(F)(F)F)ccc3C3CC3)CC2)c1)C1CC1. The molecule has 2 aliphatic carbocycles. The molecule has 5 rings (SSSR count). The number of nitrogens with zero attached hydrogens (tertiary/aromatic N) is 1. The quantitative estimate of drug-likeness (QED) is 0.418. The predicted octanol–water partition coefficient (Wildman–Crippen LogP) is 6.63. The van der Waals surface area contributed by atoms with Crippen molar-refractivity contribution in [1.82, 2.24) is 4.90 Å². The summed E-state index contributed by atoms with van der Waals surface area (Å²) in [6.45, 7) is 2.24. The highest BCUT2D eigenvalue weighted by Gasteiger charge is 2.35. The Morgan fingerprint density at radius 3 is 2.40 bits per heavy atom. The van der Waals surface area contributed by atoms with Crippen LogP contribution in [0.1, 0.15) is 79.0 Å². The summed E-state index contributed by atoms with van der Waals surface area (Å²) >= 11 is 0. The highest BCUT2D eigenvalue weighted by molar-refractivity contribution is 5.68. The third kappa shape index (κ3) is 6.18. The van der Waals surface area contributed by atoms with Crippen LogP contribution in [0.15, 0.2) is 42.5 Å². The van der Waals surface area contributed by atoms with E-state index in [4.69, 9.17) is 0 Å². The molecule has 35 heavy (non-hydrogen) atoms. The second kappa shape index (κ2) is 9.84. The van der Waals surface area contributed by atoms with Crippen molar-refractivity contribution in [1.29, 1.82) is 0 Å². The number of carbonyl (C=O) groups is 1. The molecule has 2 saturated carbocycles. The Bertz CT molecular complexity index is 1050. The van der Waals surface area contributed by atoms with Crippen LogP contribution >= 0.6 is 0 Å². The monoisotopic (exact) mass is 486 g/mol. The smallest absolute Gasteiger partial charge is 0.416 e. The fourth-order valence-corrected chi connectivity index (χ4v) is 5.53. The van der Waals surface area contributed by atoms with Gasteiger partial charge in [0.1, 0.15) is 0 Å². The number of likely N-dealkylation sites (tertiary alicyclic amines) is 1. The number of alkyl halides is 3. The van der Waals surface area contributed by atoms with Crippen LogP contribution in [0.25, 0.3) is 0 Å². The lowest BCUT2D eigenvalue weighted by Crippen LogP contribution is -2.38. The van der Waals surface area contributed by atoms with Crippen LogP contribution in [0.2, 0.25) is 0 Å². The van der Waals surface area contributed by atoms with Gasteiger partial charge in [-0.25, -0.2) is 0 Å². The van der Waals surface area contributed by atoms with Gasteiger partial charge in [-0.2, -0.15) is 13.2 Å². The first-order valence-electron chi connectivity index (χ1n) is 12.8. The van der Waals surface area contributed by atoms with Gasteiger partial charge in [0.15, 0.2) is 0 Å². The predicted molar refractivity (Wildman–Crippen MR) is 130 cm³/mol. The lowest BCUT2D eigenvalue weighted by Gasteiger charge is -2.33. The summed E-state index contributed by atoms with van der Waals surface area (Å²) in [7, 11) is 0. The minimum Gasteiger partial charge on any atom is -0.481 e. The van der Waals surface area contributed by atoms with Gasteiger partial charge in [-0.1, -0.05) is 18.2 Å². The van der Waals surface area contributed by atoms with Gasteiger partial charge < -0.3 is 10.4 Å². The molecule has 0 amide bonds. The van der Waals surface area contributed by atoms with Gasteiger partial charge in [0.2, 0.25) is 0 Å². The van der Waals surface area contributed by atoms with E-state index >= 15 is 0 Å². The summed E-state index contributed by atoms with van der Waals surface area (Å²) in [6, 6.07) is 12.7. The van der Waals surface area contributed by atoms with Gasteiger partial charge >= 0.3 is 12.1 Å². The molecule has 4 nitrogen and oxygen atoms in total. The number of carboxylic acids is 1. The molecule has 2 aromatic rings. The lowest BCUT2D eigenvalue weighted by molar-refractivity contribution is -0.138. The van der Waals surface area contributed by atoms with Gasteiger partial charge in [0.05, 0.1) is 12.0 Å². The van der Waals surface area contributed by atoms with E-state index in [1.54, 1.807) is 6.07 Å². The molecule has 1 saturated heterocycles. The normalized spacial score (nSPS) is 20.5. The third-order valence-corrected chi connectivity index (χ3v) is 7.74. The third-order valence-electron chi connectivity index (χ3n) is 7.74. The largest absolute Gasteiger partial charge is 0.481 e. The van der Waals surface area contributed by atoms with Gasteiger partial charge in [-0.05, 0) is 97.2 Å². The molecular weight excluding hydrogens is 453 g/mol. The standard InChI is InChI=1S/C28H33F3N2O2/c29-28(30,31)22-8-9-25(18-4-5-18)21(14-22)17-33-12-10-23(11-13-33)32-24-3-1-2-20(15-24)26(16-27(34)35)19-6-7-19/h1-3,8-9,14-15,18-19,23,26,32H,4-7,10-13,16-17H2,(H,34,35)/t26-/m0/s1. The van der Waals surface area contributed by atoms with Crippen LogP contribution in [0.3, 0.4) is 0 Å². The average Bonchev–Trinajstić information content (AvgIpc) is 3.72. The Labute approximate surface area is 204 Å². The van der Waals surface area contributed by atoms with E-state index in [0.29, 0.717) is 24.4 Å². The molecular formula is C28H33F3N2O2. The van der Waals surface area contributed by atoms with Gasteiger partial charge in [-0.3, -0.25) is 9.69 Å². The number of hydrogen-bond donors (Lipinski definition) is 2. The molecule has 1 heterocycles. The highest BCUT2D eigenvalue weighted by atomic mass is 19.4. The maximum Gasteiger partial charge on any atom is 0.416 e. The molecule has 1 aliphatic heterocycles. The van der Waals surface area contributed by atoms with Gasteiger partial charge in [0, 0.05) is 31.4 Å². The zero-order valence-corrected chi connectivity index (χ0v) is 19.9. The molecule has 2 N–H and O–H groups in total. The van der Waals surface area contributed by atoms with Gasteiger partial charge in [-0.15, -0.1) is 0 Å². The lowest BCUT2D eigenvalue weighted by atomic mass is 9.90. The number of piperidine rings is 1. The molecule has 3 aliphatic rings. The van der Waals surface area contributed by atoms with Crippen molar-refractivity contribution in [2.45, 2.75) is 75.5 Å². The van der Waals surface area contributed by atoms with E-state index < -0.39 is 17.7 Å². The molecule has 0 radical (unpaired) electrons. The summed E-state index contributed by atoms with van der Waals surface area (Å²) in [5, 5.41) is 12.9. The van der Waals surface area contributed by atoms with Crippen molar-refractivity contribution >= 4 is 11.7 Å². The van der Waals surface area contributed by atoms with Crippen LogP contribution in [0.5, 0.6) is 0 Å².